The molecule has 0 radical (unpaired) electrons. The molecule has 0 aliphatic heterocycles. The van der Waals surface area contributed by atoms with Crippen molar-refractivity contribution in [1.29, 1.82) is 0 Å². The lowest BCUT2D eigenvalue weighted by Crippen LogP contribution is -2.51. The smallest absolute Gasteiger partial charge is 0.0249 e. The van der Waals surface area contributed by atoms with Gasteiger partial charge in [0.2, 0.25) is 0 Å². The minimum absolute atomic E-state index is 0.378. The molecule has 0 aromatic rings. The fourth-order valence-electron chi connectivity index (χ4n) is 3.68. The van der Waals surface area contributed by atoms with E-state index in [2.05, 4.69) is 25.7 Å². The Labute approximate surface area is 127 Å². The Balaban J connectivity index is 2.63. The first-order valence-corrected chi connectivity index (χ1v) is 9.18. The van der Waals surface area contributed by atoms with Crippen molar-refractivity contribution in [2.45, 2.75) is 110 Å². The van der Waals surface area contributed by atoms with Crippen LogP contribution in [0.4, 0.5) is 0 Å². The third-order valence-corrected chi connectivity index (χ3v) is 4.85. The highest BCUT2D eigenvalue weighted by Gasteiger charge is 2.25. The van der Waals surface area contributed by atoms with Crippen molar-refractivity contribution in [3.05, 3.63) is 0 Å². The Kier molecular flexibility index (Phi) is 9.54. The highest BCUT2D eigenvalue weighted by molar-refractivity contribution is 4.84. The molecule has 1 fully saturated rings. The van der Waals surface area contributed by atoms with Gasteiger partial charge in [-0.05, 0) is 39.7 Å². The van der Waals surface area contributed by atoms with Crippen molar-refractivity contribution in [2.24, 2.45) is 5.73 Å². The Bertz CT molecular complexity index is 227. The molecule has 0 bridgehead atoms. The van der Waals surface area contributed by atoms with Gasteiger partial charge in [0.05, 0.1) is 0 Å². The van der Waals surface area contributed by atoms with Crippen LogP contribution in [0.15, 0.2) is 0 Å². The lowest BCUT2D eigenvalue weighted by Gasteiger charge is -2.38. The molecule has 20 heavy (non-hydrogen) atoms. The molecule has 0 heterocycles. The van der Waals surface area contributed by atoms with Crippen LogP contribution in [-0.2, 0) is 0 Å². The molecule has 0 aromatic carbocycles. The van der Waals surface area contributed by atoms with E-state index in [0.717, 1.165) is 0 Å². The van der Waals surface area contributed by atoms with Gasteiger partial charge >= 0.3 is 0 Å². The average Bonchev–Trinajstić information content (AvgIpc) is 2.41. The number of hydrogen-bond donors (Lipinski definition) is 1. The summed E-state index contributed by atoms with van der Waals surface area (Å²) >= 11 is 0. The molecule has 2 nitrogen and oxygen atoms in total. The minimum atomic E-state index is 0.378. The van der Waals surface area contributed by atoms with E-state index in [1.807, 2.05) is 0 Å². The van der Waals surface area contributed by atoms with Crippen molar-refractivity contribution in [2.75, 3.05) is 6.54 Å². The van der Waals surface area contributed by atoms with Crippen molar-refractivity contribution >= 4 is 0 Å². The first-order valence-electron chi connectivity index (χ1n) is 9.18. The summed E-state index contributed by atoms with van der Waals surface area (Å²) in [6.45, 7) is 8.16. The van der Waals surface area contributed by atoms with E-state index >= 15 is 0 Å². The van der Waals surface area contributed by atoms with Crippen LogP contribution >= 0.6 is 0 Å². The van der Waals surface area contributed by atoms with E-state index in [1.165, 1.54) is 77.2 Å². The van der Waals surface area contributed by atoms with Crippen LogP contribution in [0, 0.1) is 0 Å². The topological polar surface area (TPSA) is 29.3 Å². The van der Waals surface area contributed by atoms with Gasteiger partial charge in [0.25, 0.3) is 0 Å². The van der Waals surface area contributed by atoms with Crippen LogP contribution in [0.3, 0.4) is 0 Å². The summed E-state index contributed by atoms with van der Waals surface area (Å²) in [5.74, 6) is 0. The van der Waals surface area contributed by atoms with Crippen molar-refractivity contribution < 1.29 is 0 Å². The van der Waals surface area contributed by atoms with Gasteiger partial charge in [-0.2, -0.15) is 0 Å². The predicted octanol–water partition coefficient (Wildman–Crippen LogP) is 4.72. The van der Waals surface area contributed by atoms with Gasteiger partial charge in [-0.25, -0.2) is 0 Å². The van der Waals surface area contributed by atoms with E-state index in [0.29, 0.717) is 18.1 Å². The maximum atomic E-state index is 6.59. The van der Waals surface area contributed by atoms with Gasteiger partial charge in [-0.1, -0.05) is 58.3 Å². The Morgan fingerprint density at radius 2 is 1.40 bits per heavy atom. The number of nitrogens with zero attached hydrogens (tertiary/aromatic N) is 1. The molecule has 0 spiro atoms. The van der Waals surface area contributed by atoms with Gasteiger partial charge in [-0.3, -0.25) is 4.90 Å². The van der Waals surface area contributed by atoms with Crippen LogP contribution < -0.4 is 5.73 Å². The van der Waals surface area contributed by atoms with Crippen LogP contribution in [0.5, 0.6) is 0 Å². The molecule has 1 aliphatic rings. The standard InChI is InChI=1S/C18H38N2/c1-4-15-20(16(2)3)18-14-12-10-8-6-5-7-9-11-13-17(18)19/h16-18H,4-15,19H2,1-3H3. The van der Waals surface area contributed by atoms with Gasteiger partial charge in [0, 0.05) is 18.1 Å². The van der Waals surface area contributed by atoms with E-state index in [9.17, 15) is 0 Å². The van der Waals surface area contributed by atoms with Crippen LogP contribution in [0.2, 0.25) is 0 Å². The quantitative estimate of drug-likeness (QED) is 0.808. The van der Waals surface area contributed by atoms with E-state index in [1.54, 1.807) is 0 Å². The first kappa shape index (κ1) is 18.0. The second-order valence-electron chi connectivity index (χ2n) is 6.97. The fraction of sp³-hybridized carbons (Fsp3) is 1.00. The molecule has 0 aromatic heterocycles. The average molecular weight is 283 g/mol. The summed E-state index contributed by atoms with van der Waals surface area (Å²) in [6, 6.07) is 1.61. The van der Waals surface area contributed by atoms with E-state index in [-0.39, 0.29) is 0 Å². The Morgan fingerprint density at radius 3 is 1.90 bits per heavy atom. The molecule has 120 valence electrons. The maximum absolute atomic E-state index is 6.59. The van der Waals surface area contributed by atoms with Gasteiger partial charge < -0.3 is 5.73 Å². The molecule has 0 amide bonds. The SMILES string of the molecule is CCCN(C(C)C)C1CCCCCCCCCCC1N. The zero-order chi connectivity index (χ0) is 14.8. The molecule has 1 rings (SSSR count). The third kappa shape index (κ3) is 6.58. The summed E-state index contributed by atoms with van der Waals surface area (Å²) < 4.78 is 0. The largest absolute Gasteiger partial charge is 0.326 e. The number of rotatable bonds is 4. The van der Waals surface area contributed by atoms with E-state index in [4.69, 9.17) is 5.73 Å². The molecule has 0 saturated heterocycles. The number of hydrogen-bond acceptors (Lipinski definition) is 2. The van der Waals surface area contributed by atoms with Gasteiger partial charge in [-0.15, -0.1) is 0 Å². The Morgan fingerprint density at radius 1 is 0.900 bits per heavy atom. The normalized spacial score (nSPS) is 27.3. The molecule has 2 N–H and O–H groups in total. The molecular formula is C18H38N2. The monoisotopic (exact) mass is 282 g/mol. The van der Waals surface area contributed by atoms with Crippen molar-refractivity contribution in [3.63, 3.8) is 0 Å². The molecular weight excluding hydrogens is 244 g/mol. The molecule has 2 unspecified atom stereocenters. The van der Waals surface area contributed by atoms with Crippen molar-refractivity contribution in [3.8, 4) is 0 Å². The van der Waals surface area contributed by atoms with Crippen LogP contribution in [0.1, 0.15) is 91.4 Å². The van der Waals surface area contributed by atoms with Crippen molar-refractivity contribution in [1.82, 2.24) is 4.90 Å². The van der Waals surface area contributed by atoms with Crippen LogP contribution in [-0.4, -0.2) is 29.6 Å². The number of nitrogens with two attached hydrogens (primary N) is 1. The minimum Gasteiger partial charge on any atom is -0.326 e. The first-order chi connectivity index (χ1) is 9.66. The lowest BCUT2D eigenvalue weighted by molar-refractivity contribution is 0.117. The second-order valence-corrected chi connectivity index (χ2v) is 6.97. The molecule has 1 saturated carbocycles. The zero-order valence-electron chi connectivity index (χ0n) is 14.2. The zero-order valence-corrected chi connectivity index (χ0v) is 14.2. The van der Waals surface area contributed by atoms with Gasteiger partial charge in [0.15, 0.2) is 0 Å². The van der Waals surface area contributed by atoms with Gasteiger partial charge in [0.1, 0.15) is 0 Å². The second kappa shape index (κ2) is 10.6. The summed E-state index contributed by atoms with van der Waals surface area (Å²) in [5.41, 5.74) is 6.59. The summed E-state index contributed by atoms with van der Waals surface area (Å²) in [6.07, 6.45) is 15.0. The fourth-order valence-corrected chi connectivity index (χ4v) is 3.68. The lowest BCUT2D eigenvalue weighted by atomic mass is 9.92. The summed E-state index contributed by atoms with van der Waals surface area (Å²) in [4.78, 5) is 2.68. The molecule has 2 atom stereocenters. The summed E-state index contributed by atoms with van der Waals surface area (Å²) in [5, 5.41) is 0. The molecule has 1 aliphatic carbocycles. The highest BCUT2D eigenvalue weighted by Crippen LogP contribution is 2.21. The highest BCUT2D eigenvalue weighted by atomic mass is 15.2. The Hall–Kier alpha value is -0.0800. The summed E-state index contributed by atoms with van der Waals surface area (Å²) in [7, 11) is 0. The van der Waals surface area contributed by atoms with E-state index < -0.39 is 0 Å². The predicted molar refractivity (Wildman–Crippen MR) is 90.1 cm³/mol. The third-order valence-electron chi connectivity index (χ3n) is 4.85. The molecule has 2 heteroatoms. The van der Waals surface area contributed by atoms with Crippen LogP contribution in [0.25, 0.3) is 0 Å². The maximum Gasteiger partial charge on any atom is 0.0249 e.